The zero-order valence-corrected chi connectivity index (χ0v) is 11.3. The smallest absolute Gasteiger partial charge is 0.277 e. The zero-order valence-electron chi connectivity index (χ0n) is 10.5. The van der Waals surface area contributed by atoms with Gasteiger partial charge in [0.1, 0.15) is 4.90 Å². The maximum absolute atomic E-state index is 12.1. The summed E-state index contributed by atoms with van der Waals surface area (Å²) in [4.78, 5) is 4.92. The highest BCUT2D eigenvalue weighted by atomic mass is 32.2. The van der Waals surface area contributed by atoms with Crippen LogP contribution in [-0.2, 0) is 17.1 Å². The number of nitrogens with two attached hydrogens (primary N) is 1. The fraction of sp³-hybridized carbons (Fsp3) is 0.200. The van der Waals surface area contributed by atoms with Crippen molar-refractivity contribution in [2.75, 3.05) is 11.3 Å². The van der Waals surface area contributed by atoms with Crippen LogP contribution in [0.3, 0.4) is 0 Å². The van der Waals surface area contributed by atoms with Gasteiger partial charge >= 0.3 is 0 Å². The summed E-state index contributed by atoms with van der Waals surface area (Å²) in [6.07, 6.45) is 2.65. The van der Waals surface area contributed by atoms with E-state index in [1.54, 1.807) is 0 Å². The van der Waals surface area contributed by atoms with Crippen LogP contribution in [0.15, 0.2) is 23.4 Å². The Morgan fingerprint density at radius 2 is 2.25 bits per heavy atom. The molecular weight excluding hydrogens is 282 g/mol. The zero-order chi connectivity index (χ0) is 14.6. The number of nitrogens with one attached hydrogen (secondary N) is 1. The van der Waals surface area contributed by atoms with Crippen molar-refractivity contribution in [2.45, 2.75) is 4.90 Å². The summed E-state index contributed by atoms with van der Waals surface area (Å²) in [7, 11) is -2.31. The fourth-order valence-corrected chi connectivity index (χ4v) is 2.21. The molecule has 2 heterocycles. The van der Waals surface area contributed by atoms with Gasteiger partial charge in [-0.25, -0.2) is 13.1 Å². The van der Waals surface area contributed by atoms with Crippen LogP contribution in [-0.4, -0.2) is 40.2 Å². The van der Waals surface area contributed by atoms with Gasteiger partial charge in [0, 0.05) is 18.0 Å². The molecule has 0 atom stereocenters. The Labute approximate surface area is 115 Å². The van der Waals surface area contributed by atoms with Gasteiger partial charge in [0.15, 0.2) is 0 Å². The molecule has 0 saturated heterocycles. The molecular formula is C10H11N7O2S. The maximum atomic E-state index is 12.1. The molecule has 0 spiro atoms. The third-order valence-corrected chi connectivity index (χ3v) is 3.39. The molecule has 0 radical (unpaired) electrons. The molecule has 2 aromatic rings. The second-order valence-corrected chi connectivity index (χ2v) is 5.31. The van der Waals surface area contributed by atoms with Crippen LogP contribution in [0.4, 0.5) is 5.95 Å². The summed E-state index contributed by atoms with van der Waals surface area (Å²) in [6.45, 7) is 0.179. The summed E-state index contributed by atoms with van der Waals surface area (Å²) in [5.74, 6) is 5.21. The first kappa shape index (κ1) is 13.9. The molecule has 0 aliphatic rings. The number of aromatic nitrogens is 5. The quantitative estimate of drug-likeness (QED) is 0.674. The van der Waals surface area contributed by atoms with Crippen molar-refractivity contribution in [3.63, 3.8) is 0 Å². The van der Waals surface area contributed by atoms with Gasteiger partial charge in [-0.15, -0.1) is 5.10 Å². The molecule has 0 saturated carbocycles. The highest BCUT2D eigenvalue weighted by molar-refractivity contribution is 7.92. The molecule has 0 aromatic carbocycles. The van der Waals surface area contributed by atoms with Crippen LogP contribution in [0.25, 0.3) is 0 Å². The van der Waals surface area contributed by atoms with Crippen LogP contribution in [0.1, 0.15) is 5.56 Å². The first-order valence-electron chi connectivity index (χ1n) is 5.42. The number of anilines is 1. The molecule has 0 fully saturated rings. The molecule has 2 rings (SSSR count). The Morgan fingerprint density at radius 1 is 1.45 bits per heavy atom. The predicted molar refractivity (Wildman–Crippen MR) is 69.8 cm³/mol. The van der Waals surface area contributed by atoms with Crippen molar-refractivity contribution in [3.8, 4) is 11.8 Å². The first-order chi connectivity index (χ1) is 9.51. The van der Waals surface area contributed by atoms with Crippen molar-refractivity contribution in [1.82, 2.24) is 25.2 Å². The standard InChI is InChI=1S/C10H11N7O2S/c1-17-14-10(13-16-17)15-20(18,19)9-5-8(3-2-4-11)6-12-7-9/h5-7H,4,11H2,1H3,(H,14,15). The minimum absolute atomic E-state index is 0.0474. The van der Waals surface area contributed by atoms with E-state index in [4.69, 9.17) is 5.73 Å². The third-order valence-electron chi connectivity index (χ3n) is 2.09. The maximum Gasteiger partial charge on any atom is 0.277 e. The van der Waals surface area contributed by atoms with Crippen molar-refractivity contribution < 1.29 is 8.42 Å². The molecule has 0 aliphatic carbocycles. The van der Waals surface area contributed by atoms with Crippen LogP contribution >= 0.6 is 0 Å². The molecule has 0 amide bonds. The Morgan fingerprint density at radius 3 is 2.90 bits per heavy atom. The Hall–Kier alpha value is -2.51. The minimum atomic E-state index is -3.84. The molecule has 20 heavy (non-hydrogen) atoms. The Bertz CT molecular complexity index is 772. The third kappa shape index (κ3) is 3.28. The van der Waals surface area contributed by atoms with Crippen molar-refractivity contribution in [2.24, 2.45) is 12.8 Å². The first-order valence-corrected chi connectivity index (χ1v) is 6.90. The topological polar surface area (TPSA) is 129 Å². The lowest BCUT2D eigenvalue weighted by atomic mass is 10.3. The normalized spacial score (nSPS) is 10.7. The van der Waals surface area contributed by atoms with Gasteiger partial charge < -0.3 is 5.73 Å². The highest BCUT2D eigenvalue weighted by Gasteiger charge is 2.17. The average molecular weight is 293 g/mol. The summed E-state index contributed by atoms with van der Waals surface area (Å²) >= 11 is 0. The summed E-state index contributed by atoms with van der Waals surface area (Å²) in [5, 5.41) is 10.8. The molecule has 104 valence electrons. The van der Waals surface area contributed by atoms with Crippen LogP contribution in [0.5, 0.6) is 0 Å². The van der Waals surface area contributed by atoms with E-state index in [9.17, 15) is 8.42 Å². The lowest BCUT2D eigenvalue weighted by molar-refractivity contribution is 0.600. The second kappa shape index (κ2) is 5.64. The van der Waals surface area contributed by atoms with Gasteiger partial charge in [0.05, 0.1) is 13.6 Å². The van der Waals surface area contributed by atoms with Crippen LogP contribution in [0, 0.1) is 11.8 Å². The van der Waals surface area contributed by atoms with Gasteiger partial charge in [-0.3, -0.25) is 4.98 Å². The fourth-order valence-electron chi connectivity index (χ4n) is 1.29. The molecule has 0 aliphatic heterocycles. The Balaban J connectivity index is 2.29. The molecule has 0 bridgehead atoms. The largest absolute Gasteiger partial charge is 0.320 e. The van der Waals surface area contributed by atoms with E-state index < -0.39 is 10.0 Å². The van der Waals surface area contributed by atoms with Gasteiger partial charge in [0.25, 0.3) is 16.0 Å². The number of nitrogens with zero attached hydrogens (tertiary/aromatic N) is 5. The number of hydrogen-bond acceptors (Lipinski definition) is 7. The molecule has 0 unspecified atom stereocenters. The monoisotopic (exact) mass is 293 g/mol. The number of aryl methyl sites for hydroxylation is 1. The van der Waals surface area contributed by atoms with E-state index in [1.165, 1.54) is 25.5 Å². The van der Waals surface area contributed by atoms with Crippen molar-refractivity contribution >= 4 is 16.0 Å². The van der Waals surface area contributed by atoms with E-state index in [2.05, 4.69) is 37.0 Å². The van der Waals surface area contributed by atoms with Crippen LogP contribution in [0.2, 0.25) is 0 Å². The summed E-state index contributed by atoms with van der Waals surface area (Å²) < 4.78 is 26.4. The number of hydrogen-bond donors (Lipinski definition) is 2. The molecule has 2 aromatic heterocycles. The Kier molecular flexibility index (Phi) is 3.92. The summed E-state index contributed by atoms with van der Waals surface area (Å²) in [6, 6.07) is 1.38. The molecule has 3 N–H and O–H groups in total. The molecule has 9 nitrogen and oxygen atoms in total. The summed E-state index contributed by atoms with van der Waals surface area (Å²) in [5.41, 5.74) is 5.70. The predicted octanol–water partition coefficient (Wildman–Crippen LogP) is -1.28. The van der Waals surface area contributed by atoms with Gasteiger partial charge in [0.2, 0.25) is 0 Å². The van der Waals surface area contributed by atoms with Crippen molar-refractivity contribution in [1.29, 1.82) is 0 Å². The average Bonchev–Trinajstić information content (AvgIpc) is 2.81. The molecule has 10 heteroatoms. The van der Waals surface area contributed by atoms with E-state index in [1.807, 2.05) is 0 Å². The number of pyridine rings is 1. The minimum Gasteiger partial charge on any atom is -0.320 e. The second-order valence-electron chi connectivity index (χ2n) is 3.62. The van der Waals surface area contributed by atoms with E-state index in [-0.39, 0.29) is 17.4 Å². The van der Waals surface area contributed by atoms with E-state index >= 15 is 0 Å². The van der Waals surface area contributed by atoms with Gasteiger partial charge in [-0.1, -0.05) is 16.9 Å². The number of tetrazole rings is 1. The highest BCUT2D eigenvalue weighted by Crippen LogP contribution is 2.12. The number of sulfonamides is 1. The van der Waals surface area contributed by atoms with E-state index in [0.29, 0.717) is 5.56 Å². The number of rotatable bonds is 3. The van der Waals surface area contributed by atoms with Gasteiger partial charge in [-0.2, -0.15) is 4.80 Å². The van der Waals surface area contributed by atoms with Crippen molar-refractivity contribution in [3.05, 3.63) is 24.0 Å². The van der Waals surface area contributed by atoms with Gasteiger partial charge in [-0.05, 0) is 11.3 Å². The lowest BCUT2D eigenvalue weighted by Crippen LogP contribution is -2.14. The van der Waals surface area contributed by atoms with Crippen LogP contribution < -0.4 is 10.5 Å². The lowest BCUT2D eigenvalue weighted by Gasteiger charge is -2.03. The SMILES string of the molecule is Cn1nnc(NS(=O)(=O)c2cncc(C#CCN)c2)n1. The van der Waals surface area contributed by atoms with E-state index in [0.717, 1.165) is 4.80 Å².